The van der Waals surface area contributed by atoms with Gasteiger partial charge in [0.1, 0.15) is 0 Å². The molecule has 4 N–H and O–H groups in total. The van der Waals surface area contributed by atoms with Gasteiger partial charge < -0.3 is 25.4 Å². The Morgan fingerprint density at radius 2 is 1.62 bits per heavy atom. The first-order valence-electron chi connectivity index (χ1n) is 13.0. The van der Waals surface area contributed by atoms with Gasteiger partial charge in [0, 0.05) is 36.6 Å². The van der Waals surface area contributed by atoms with Crippen molar-refractivity contribution in [1.82, 2.24) is 0 Å². The molecule has 0 saturated heterocycles. The van der Waals surface area contributed by atoms with E-state index in [4.69, 9.17) is 16.3 Å². The molecule has 8 nitrogen and oxygen atoms in total. The summed E-state index contributed by atoms with van der Waals surface area (Å²) in [7, 11) is -4.06. The summed E-state index contributed by atoms with van der Waals surface area (Å²) in [4.78, 5) is 12.5. The van der Waals surface area contributed by atoms with Crippen molar-refractivity contribution in [2.45, 2.75) is 60.4 Å². The van der Waals surface area contributed by atoms with Crippen molar-refractivity contribution in [3.63, 3.8) is 0 Å². The Bertz CT molecular complexity index is 1320. The number of fused-ring (bicyclic) bond motifs is 2. The third kappa shape index (κ3) is 6.17. The van der Waals surface area contributed by atoms with Crippen molar-refractivity contribution in [2.75, 3.05) is 25.1 Å². The molecule has 0 heterocycles. The highest BCUT2D eigenvalue weighted by atomic mass is 35.5. The molecule has 40 heavy (non-hydrogen) atoms. The Balaban J connectivity index is 1.51. The Hall–Kier alpha value is -2.22. The molecule has 2 aliphatic carbocycles. The minimum absolute atomic E-state index is 0.0409. The Kier molecular flexibility index (Phi) is 9.48. The van der Waals surface area contributed by atoms with Crippen molar-refractivity contribution >= 4 is 33.0 Å². The number of hydrogen-bond acceptors (Lipinski definition) is 7. The molecule has 0 aliphatic heterocycles. The van der Waals surface area contributed by atoms with E-state index in [0.29, 0.717) is 37.8 Å². The molecule has 2 aliphatic rings. The van der Waals surface area contributed by atoms with Crippen LogP contribution in [0.3, 0.4) is 0 Å². The smallest absolute Gasteiger partial charge is 0.255 e. The highest BCUT2D eigenvalue weighted by Crippen LogP contribution is 2.52. The van der Waals surface area contributed by atoms with Crippen LogP contribution in [0.2, 0.25) is 5.02 Å². The van der Waals surface area contributed by atoms with Crippen molar-refractivity contribution in [1.29, 1.82) is 0 Å². The van der Waals surface area contributed by atoms with Gasteiger partial charge in [-0.15, -0.1) is 0 Å². The predicted octanol–water partition coefficient (Wildman–Crippen LogP) is 3.85. The molecule has 0 spiro atoms. The van der Waals surface area contributed by atoms with Gasteiger partial charge in [-0.3, -0.25) is 4.79 Å². The Morgan fingerprint density at radius 1 is 1.05 bits per heavy atom. The maximum Gasteiger partial charge on any atom is 0.255 e. The van der Waals surface area contributed by atoms with Gasteiger partial charge in [-0.1, -0.05) is 11.6 Å². The normalized spacial score (nSPS) is 24.4. The topological polar surface area (TPSA) is 133 Å². The number of halogens is 4. The number of anilines is 1. The van der Waals surface area contributed by atoms with E-state index in [1.807, 2.05) is 0 Å². The average Bonchev–Trinajstić information content (AvgIpc) is 3.06. The molecule has 2 bridgehead atoms. The first-order valence-corrected chi connectivity index (χ1v) is 14.9. The Labute approximate surface area is 235 Å². The maximum absolute atomic E-state index is 13.7. The molecule has 0 radical (unpaired) electrons. The minimum Gasteiger partial charge on any atom is -0.396 e. The molecular formula is C27H31ClF3NO7S. The predicted molar refractivity (Wildman–Crippen MR) is 140 cm³/mol. The van der Waals surface area contributed by atoms with E-state index in [-0.39, 0.29) is 65.7 Å². The number of sulfone groups is 1. The lowest BCUT2D eigenvalue weighted by Crippen LogP contribution is -2.51. The van der Waals surface area contributed by atoms with Crippen LogP contribution in [-0.4, -0.2) is 66.4 Å². The van der Waals surface area contributed by atoms with Gasteiger partial charge in [-0.05, 0) is 68.6 Å². The molecule has 2 aromatic carbocycles. The fourth-order valence-corrected chi connectivity index (χ4v) is 8.22. The van der Waals surface area contributed by atoms with Crippen LogP contribution in [-0.2, 0) is 14.6 Å². The monoisotopic (exact) mass is 605 g/mol. The van der Waals surface area contributed by atoms with E-state index >= 15 is 0 Å². The molecule has 2 saturated carbocycles. The van der Waals surface area contributed by atoms with Crippen molar-refractivity contribution < 1.29 is 46.4 Å². The number of benzene rings is 2. The standard InChI is InChI=1S/C27H31ClF3NO7S/c28-21-4-1-15(26(35)32-18-12-22(29)25(31)23(30)13-18)9-24(21)40(37,38)20-10-16-2-3-17(11-20)27(16,36)14-39-19(5-7-33)6-8-34/h1,4,9,12-13,16-17,19-20,33-34,36H,2-3,5-8,10-11,14H2,(H,32,35)/t16-,17?,20-,27-/m0/s1. The number of hydrogen-bond donors (Lipinski definition) is 4. The number of carbonyl (C=O) groups excluding carboxylic acids is 1. The molecule has 1 amide bonds. The number of nitrogens with one attached hydrogen (secondary N) is 1. The Morgan fingerprint density at radius 3 is 2.17 bits per heavy atom. The van der Waals surface area contributed by atoms with E-state index in [2.05, 4.69) is 5.32 Å². The van der Waals surface area contributed by atoms with Crippen LogP contribution in [0.5, 0.6) is 0 Å². The number of amides is 1. The average molecular weight is 606 g/mol. The van der Waals surface area contributed by atoms with Gasteiger partial charge in [-0.25, -0.2) is 21.6 Å². The van der Waals surface area contributed by atoms with Gasteiger partial charge in [0.2, 0.25) is 0 Å². The van der Waals surface area contributed by atoms with Crippen LogP contribution in [0.1, 0.15) is 48.9 Å². The molecule has 2 fully saturated rings. The summed E-state index contributed by atoms with van der Waals surface area (Å²) in [5, 5.41) is 31.2. The molecular weight excluding hydrogens is 575 g/mol. The van der Waals surface area contributed by atoms with E-state index < -0.39 is 50.2 Å². The highest BCUT2D eigenvalue weighted by Gasteiger charge is 2.56. The SMILES string of the molecule is O=C(Nc1cc(F)c(F)c(F)c1)c1ccc(Cl)c(S(=O)(=O)[C@@H]2CC3CC[C@@H](C2)[C@@]3(O)COC(CCO)CCO)c1. The molecule has 1 unspecified atom stereocenters. The summed E-state index contributed by atoms with van der Waals surface area (Å²) in [6, 6.07) is 4.77. The third-order valence-electron chi connectivity index (χ3n) is 8.01. The summed E-state index contributed by atoms with van der Waals surface area (Å²) in [6.45, 7) is -0.307. The van der Waals surface area contributed by atoms with Crippen LogP contribution >= 0.6 is 11.6 Å². The van der Waals surface area contributed by atoms with Crippen LogP contribution < -0.4 is 5.32 Å². The van der Waals surface area contributed by atoms with E-state index in [1.165, 1.54) is 12.1 Å². The molecule has 220 valence electrons. The minimum atomic E-state index is -4.06. The lowest BCUT2D eigenvalue weighted by Gasteiger charge is -2.42. The second kappa shape index (κ2) is 12.3. The summed E-state index contributed by atoms with van der Waals surface area (Å²) < 4.78 is 73.6. The number of ether oxygens (including phenoxy) is 1. The van der Waals surface area contributed by atoms with Crippen LogP contribution in [0, 0.1) is 29.3 Å². The second-order valence-corrected chi connectivity index (χ2v) is 13.0. The van der Waals surface area contributed by atoms with E-state index in [0.717, 1.165) is 6.07 Å². The quantitative estimate of drug-likeness (QED) is 0.286. The third-order valence-corrected chi connectivity index (χ3v) is 10.7. The van der Waals surface area contributed by atoms with Gasteiger partial charge in [0.15, 0.2) is 27.3 Å². The number of aliphatic hydroxyl groups is 3. The zero-order chi connectivity index (χ0) is 29.2. The first kappa shape index (κ1) is 30.7. The molecule has 2 aromatic rings. The molecule has 13 heteroatoms. The lowest BCUT2D eigenvalue weighted by molar-refractivity contribution is -0.133. The van der Waals surface area contributed by atoms with Crippen molar-refractivity contribution in [3.05, 3.63) is 58.4 Å². The van der Waals surface area contributed by atoms with Gasteiger partial charge in [0.25, 0.3) is 5.91 Å². The number of aliphatic hydroxyl groups excluding tert-OH is 2. The number of rotatable bonds is 11. The zero-order valence-electron chi connectivity index (χ0n) is 21.5. The molecule has 4 atom stereocenters. The van der Waals surface area contributed by atoms with Gasteiger partial charge in [0.05, 0.1) is 33.5 Å². The molecule has 4 rings (SSSR count). The van der Waals surface area contributed by atoms with Crippen molar-refractivity contribution in [3.8, 4) is 0 Å². The highest BCUT2D eigenvalue weighted by molar-refractivity contribution is 7.92. The van der Waals surface area contributed by atoms with Crippen molar-refractivity contribution in [2.24, 2.45) is 11.8 Å². The number of carbonyl (C=O) groups is 1. The lowest BCUT2D eigenvalue weighted by atomic mass is 9.75. The van der Waals surface area contributed by atoms with Crippen LogP contribution in [0.15, 0.2) is 35.2 Å². The van der Waals surface area contributed by atoms with Crippen LogP contribution in [0.4, 0.5) is 18.9 Å². The first-order chi connectivity index (χ1) is 18.9. The fourth-order valence-electron chi connectivity index (χ4n) is 5.82. The van der Waals surface area contributed by atoms with E-state index in [9.17, 15) is 41.7 Å². The second-order valence-electron chi connectivity index (χ2n) is 10.4. The summed E-state index contributed by atoms with van der Waals surface area (Å²) >= 11 is 6.25. The summed E-state index contributed by atoms with van der Waals surface area (Å²) in [5.74, 6) is -6.30. The largest absolute Gasteiger partial charge is 0.396 e. The van der Waals surface area contributed by atoms with E-state index in [1.54, 1.807) is 0 Å². The summed E-state index contributed by atoms with van der Waals surface area (Å²) in [6.07, 6.45) is 1.65. The maximum atomic E-state index is 13.7. The fraction of sp³-hybridized carbons (Fsp3) is 0.519. The zero-order valence-corrected chi connectivity index (χ0v) is 23.0. The molecule has 0 aromatic heterocycles. The van der Waals surface area contributed by atoms with Gasteiger partial charge >= 0.3 is 0 Å². The summed E-state index contributed by atoms with van der Waals surface area (Å²) in [5.41, 5.74) is -1.75. The van der Waals surface area contributed by atoms with Gasteiger partial charge in [-0.2, -0.15) is 0 Å². The van der Waals surface area contributed by atoms with Crippen LogP contribution in [0.25, 0.3) is 0 Å².